The van der Waals surface area contributed by atoms with Gasteiger partial charge in [-0.1, -0.05) is 19.3 Å². The molecule has 0 radical (unpaired) electrons. The van der Waals surface area contributed by atoms with Crippen molar-refractivity contribution in [2.75, 3.05) is 12.3 Å². The lowest BCUT2D eigenvalue weighted by atomic mass is 9.75. The first-order valence-corrected chi connectivity index (χ1v) is 9.38. The number of hydrogen-bond acceptors (Lipinski definition) is 4. The van der Waals surface area contributed by atoms with E-state index in [2.05, 4.69) is 5.32 Å². The van der Waals surface area contributed by atoms with E-state index in [1.165, 1.54) is 0 Å². The van der Waals surface area contributed by atoms with E-state index in [-0.39, 0.29) is 12.3 Å². The molecule has 0 bridgehead atoms. The molecule has 1 saturated carbocycles. The maximum atomic E-state index is 11.7. The lowest BCUT2D eigenvalue weighted by Crippen LogP contribution is -2.44. The summed E-state index contributed by atoms with van der Waals surface area (Å²) in [4.78, 5) is 11.7. The average Bonchev–Trinajstić information content (AvgIpc) is 2.23. The first-order valence-electron chi connectivity index (χ1n) is 6.91. The molecule has 0 aromatic rings. The van der Waals surface area contributed by atoms with Crippen LogP contribution in [0.2, 0.25) is 0 Å². The number of hydrogen-bond donors (Lipinski definition) is 1. The molecule has 1 rings (SSSR count). The molecule has 1 fully saturated rings. The van der Waals surface area contributed by atoms with Crippen molar-refractivity contribution in [1.82, 2.24) is 5.32 Å². The molecule has 0 aromatic carbocycles. The second-order valence-electron chi connectivity index (χ2n) is 6.60. The number of rotatable bonds is 4. The molecule has 0 aliphatic heterocycles. The number of halogens is 1. The van der Waals surface area contributed by atoms with Crippen molar-refractivity contribution >= 4 is 25.8 Å². The summed E-state index contributed by atoms with van der Waals surface area (Å²) in [5.74, 6) is -0.0998. The highest BCUT2D eigenvalue weighted by Crippen LogP contribution is 2.37. The number of amides is 1. The fourth-order valence-corrected chi connectivity index (χ4v) is 4.43. The van der Waals surface area contributed by atoms with Gasteiger partial charge < -0.3 is 10.1 Å². The van der Waals surface area contributed by atoms with Crippen molar-refractivity contribution in [1.29, 1.82) is 0 Å². The summed E-state index contributed by atoms with van der Waals surface area (Å²) >= 11 is 0. The molecule has 118 valence electrons. The van der Waals surface area contributed by atoms with Crippen molar-refractivity contribution in [3.8, 4) is 0 Å². The van der Waals surface area contributed by atoms with Gasteiger partial charge in [0, 0.05) is 22.6 Å². The van der Waals surface area contributed by atoms with Gasteiger partial charge >= 0.3 is 6.09 Å². The molecular formula is C13H24ClNO4S. The van der Waals surface area contributed by atoms with Crippen molar-refractivity contribution < 1.29 is 17.9 Å². The van der Waals surface area contributed by atoms with Gasteiger partial charge in [-0.25, -0.2) is 13.2 Å². The Kier molecular flexibility index (Phi) is 5.72. The van der Waals surface area contributed by atoms with Crippen LogP contribution < -0.4 is 5.32 Å². The fraction of sp³-hybridized carbons (Fsp3) is 0.923. The minimum absolute atomic E-state index is 0.0998. The molecule has 1 amide bonds. The highest BCUT2D eigenvalue weighted by atomic mass is 35.7. The third-order valence-corrected chi connectivity index (χ3v) is 4.68. The third-order valence-electron chi connectivity index (χ3n) is 3.40. The normalized spacial score (nSPS) is 19.4. The van der Waals surface area contributed by atoms with Gasteiger partial charge in [0.15, 0.2) is 0 Å². The average molecular weight is 326 g/mol. The van der Waals surface area contributed by atoms with Crippen molar-refractivity contribution in [3.05, 3.63) is 0 Å². The van der Waals surface area contributed by atoms with Crippen LogP contribution in [0.25, 0.3) is 0 Å². The summed E-state index contributed by atoms with van der Waals surface area (Å²) in [5, 5.41) is 2.69. The Bertz CT molecular complexity index is 436. The third kappa shape index (κ3) is 6.79. The van der Waals surface area contributed by atoms with E-state index in [0.29, 0.717) is 0 Å². The number of ether oxygens (including phenoxy) is 1. The summed E-state index contributed by atoms with van der Waals surface area (Å²) in [6.45, 7) is 5.64. The molecule has 1 aliphatic rings. The second-order valence-corrected chi connectivity index (χ2v) is 9.38. The van der Waals surface area contributed by atoms with Gasteiger partial charge in [-0.15, -0.1) is 0 Å². The van der Waals surface area contributed by atoms with Gasteiger partial charge in [0.25, 0.3) is 0 Å². The van der Waals surface area contributed by atoms with Crippen LogP contribution in [0, 0.1) is 5.41 Å². The molecule has 1 N–H and O–H groups in total. The number of carbonyl (C=O) groups excluding carboxylic acids is 1. The molecule has 5 nitrogen and oxygen atoms in total. The van der Waals surface area contributed by atoms with Gasteiger partial charge in [-0.3, -0.25) is 0 Å². The first-order chi connectivity index (χ1) is 9.02. The van der Waals surface area contributed by atoms with Crippen LogP contribution >= 0.6 is 10.7 Å². The van der Waals surface area contributed by atoms with E-state index in [9.17, 15) is 13.2 Å². The lowest BCUT2D eigenvalue weighted by molar-refractivity contribution is 0.0492. The van der Waals surface area contributed by atoms with Crippen LogP contribution in [0.15, 0.2) is 0 Å². The van der Waals surface area contributed by atoms with E-state index in [1.807, 2.05) is 0 Å². The smallest absolute Gasteiger partial charge is 0.407 e. The lowest BCUT2D eigenvalue weighted by Gasteiger charge is -2.36. The van der Waals surface area contributed by atoms with Gasteiger partial charge in [-0.2, -0.15) is 0 Å². The number of alkyl carbamates (subject to hydrolysis) is 1. The predicted octanol–water partition coefficient (Wildman–Crippen LogP) is 3.03. The van der Waals surface area contributed by atoms with Gasteiger partial charge in [-0.05, 0) is 33.6 Å². The zero-order chi connectivity index (χ0) is 15.4. The highest BCUT2D eigenvalue weighted by molar-refractivity contribution is 8.13. The van der Waals surface area contributed by atoms with Crippen LogP contribution in [-0.2, 0) is 13.8 Å². The summed E-state index contributed by atoms with van der Waals surface area (Å²) in [5.41, 5.74) is -1.03. The Hall–Kier alpha value is -0.490. The van der Waals surface area contributed by atoms with Gasteiger partial charge in [0.2, 0.25) is 9.05 Å². The maximum absolute atomic E-state index is 11.7. The molecule has 0 saturated heterocycles. The summed E-state index contributed by atoms with van der Waals surface area (Å²) in [6, 6.07) is 0. The Morgan fingerprint density at radius 2 is 1.80 bits per heavy atom. The van der Waals surface area contributed by atoms with Crippen LogP contribution in [0.4, 0.5) is 4.79 Å². The molecule has 20 heavy (non-hydrogen) atoms. The molecule has 0 unspecified atom stereocenters. The monoisotopic (exact) mass is 325 g/mol. The Morgan fingerprint density at radius 3 is 2.25 bits per heavy atom. The number of carbonyl (C=O) groups is 1. The van der Waals surface area contributed by atoms with Gasteiger partial charge in [0.1, 0.15) is 5.60 Å². The van der Waals surface area contributed by atoms with Crippen LogP contribution in [0.1, 0.15) is 52.9 Å². The first kappa shape index (κ1) is 17.6. The van der Waals surface area contributed by atoms with E-state index in [1.54, 1.807) is 20.8 Å². The molecule has 0 heterocycles. The van der Waals surface area contributed by atoms with Crippen molar-refractivity contribution in [2.24, 2.45) is 5.41 Å². The predicted molar refractivity (Wildman–Crippen MR) is 79.4 cm³/mol. The van der Waals surface area contributed by atoms with Crippen molar-refractivity contribution in [2.45, 2.75) is 58.5 Å². The minimum Gasteiger partial charge on any atom is -0.444 e. The van der Waals surface area contributed by atoms with E-state index in [4.69, 9.17) is 15.4 Å². The van der Waals surface area contributed by atoms with E-state index in [0.717, 1.165) is 32.1 Å². The minimum atomic E-state index is -3.59. The van der Waals surface area contributed by atoms with Crippen molar-refractivity contribution in [3.63, 3.8) is 0 Å². The number of nitrogens with one attached hydrogen (secondary N) is 1. The molecule has 1 aliphatic carbocycles. The molecule has 0 spiro atoms. The topological polar surface area (TPSA) is 72.5 Å². The van der Waals surface area contributed by atoms with Crippen LogP contribution in [0.5, 0.6) is 0 Å². The highest BCUT2D eigenvalue weighted by Gasteiger charge is 2.36. The van der Waals surface area contributed by atoms with E-state index < -0.39 is 26.2 Å². The van der Waals surface area contributed by atoms with E-state index >= 15 is 0 Å². The molecule has 0 atom stereocenters. The SMILES string of the molecule is CC(C)(C)OC(=O)NCC1(CS(=O)(=O)Cl)CCCCC1. The second kappa shape index (κ2) is 6.52. The van der Waals surface area contributed by atoms with Crippen LogP contribution in [-0.4, -0.2) is 32.4 Å². The summed E-state index contributed by atoms with van der Waals surface area (Å²) < 4.78 is 28.0. The summed E-state index contributed by atoms with van der Waals surface area (Å²) in [7, 11) is 1.82. The maximum Gasteiger partial charge on any atom is 0.407 e. The Balaban J connectivity index is 2.64. The zero-order valence-corrected chi connectivity index (χ0v) is 13.9. The van der Waals surface area contributed by atoms with Gasteiger partial charge in [0.05, 0.1) is 5.75 Å². The molecule has 0 aromatic heterocycles. The quantitative estimate of drug-likeness (QED) is 0.806. The fourth-order valence-electron chi connectivity index (χ4n) is 2.61. The Morgan fingerprint density at radius 1 is 1.25 bits per heavy atom. The Labute approximate surface area is 125 Å². The molecular weight excluding hydrogens is 302 g/mol. The summed E-state index contributed by atoms with van der Waals surface area (Å²) in [6.07, 6.45) is 4.01. The largest absolute Gasteiger partial charge is 0.444 e. The van der Waals surface area contributed by atoms with Crippen LogP contribution in [0.3, 0.4) is 0 Å². The zero-order valence-electron chi connectivity index (χ0n) is 12.4. The molecule has 7 heteroatoms. The standard InChI is InChI=1S/C13H24ClNO4S/c1-12(2,3)19-11(16)15-9-13(10-20(14,17)18)7-5-4-6-8-13/h4-10H2,1-3H3,(H,15,16).